The molecule has 0 atom stereocenters. The highest BCUT2D eigenvalue weighted by Gasteiger charge is 2.38. The number of nitrogens with one attached hydrogen (secondary N) is 2. The molecule has 1 aliphatic carbocycles. The van der Waals surface area contributed by atoms with Crippen LogP contribution in [-0.2, 0) is 14.9 Å². The Morgan fingerprint density at radius 1 is 1.18 bits per heavy atom. The fourth-order valence-corrected chi connectivity index (χ4v) is 4.05. The van der Waals surface area contributed by atoms with Crippen LogP contribution in [0.15, 0.2) is 35.3 Å². The molecule has 2 fully saturated rings. The molecule has 0 radical (unpaired) electrons. The maximum Gasteiger partial charge on any atom is 0.191 e. The van der Waals surface area contributed by atoms with Crippen molar-refractivity contribution >= 4 is 5.96 Å². The van der Waals surface area contributed by atoms with Gasteiger partial charge in [-0.3, -0.25) is 4.99 Å². The summed E-state index contributed by atoms with van der Waals surface area (Å²) in [7, 11) is 0. The maximum atomic E-state index is 5.86. The molecule has 0 unspecified atom stereocenters. The Bertz CT molecular complexity index is 581. The van der Waals surface area contributed by atoms with Gasteiger partial charge in [0.2, 0.25) is 0 Å². The molecule has 2 aliphatic rings. The predicted octanol–water partition coefficient (Wildman–Crippen LogP) is 3.50. The lowest BCUT2D eigenvalue weighted by atomic mass is 9.64. The van der Waals surface area contributed by atoms with Crippen LogP contribution in [0.2, 0.25) is 0 Å². The van der Waals surface area contributed by atoms with Crippen molar-refractivity contribution in [3.05, 3.63) is 35.9 Å². The monoisotopic (exact) mass is 387 g/mol. The summed E-state index contributed by atoms with van der Waals surface area (Å²) in [6.45, 7) is 8.19. The van der Waals surface area contributed by atoms with Gasteiger partial charge in [-0.2, -0.15) is 0 Å². The van der Waals surface area contributed by atoms with Gasteiger partial charge in [0.25, 0.3) is 0 Å². The molecule has 156 valence electrons. The van der Waals surface area contributed by atoms with Gasteiger partial charge in [-0.25, -0.2) is 0 Å². The molecular weight excluding hydrogens is 350 g/mol. The van der Waals surface area contributed by atoms with E-state index in [1.54, 1.807) is 0 Å². The first-order chi connectivity index (χ1) is 13.8. The SMILES string of the molecule is CCNC(=NCC1(c2ccccc2)CCC1)NCCCOCC1CCOCC1. The fraction of sp³-hybridized carbons (Fsp3) is 0.696. The van der Waals surface area contributed by atoms with Gasteiger partial charge in [0.1, 0.15) is 0 Å². The van der Waals surface area contributed by atoms with Gasteiger partial charge >= 0.3 is 0 Å². The highest BCUT2D eigenvalue weighted by atomic mass is 16.5. The standard InChI is InChI=1S/C23H37N3O2/c1-2-24-22(25-14-7-15-28-18-20-10-16-27-17-11-20)26-19-23(12-6-13-23)21-8-4-3-5-9-21/h3-5,8-9,20H,2,6-7,10-19H2,1H3,(H2,24,25,26). The summed E-state index contributed by atoms with van der Waals surface area (Å²) in [6.07, 6.45) is 7.05. The van der Waals surface area contributed by atoms with Crippen molar-refractivity contribution in [1.82, 2.24) is 10.6 Å². The second-order valence-electron chi connectivity index (χ2n) is 8.11. The molecule has 1 saturated carbocycles. The smallest absolute Gasteiger partial charge is 0.191 e. The van der Waals surface area contributed by atoms with E-state index < -0.39 is 0 Å². The van der Waals surface area contributed by atoms with E-state index in [1.165, 1.54) is 24.8 Å². The normalized spacial score (nSPS) is 19.8. The molecule has 28 heavy (non-hydrogen) atoms. The highest BCUT2D eigenvalue weighted by molar-refractivity contribution is 5.79. The number of aliphatic imine (C=N–C) groups is 1. The summed E-state index contributed by atoms with van der Waals surface area (Å²) >= 11 is 0. The first kappa shape index (κ1) is 21.1. The van der Waals surface area contributed by atoms with E-state index in [0.717, 1.165) is 71.3 Å². The van der Waals surface area contributed by atoms with E-state index >= 15 is 0 Å². The summed E-state index contributed by atoms with van der Waals surface area (Å²) in [5.41, 5.74) is 1.67. The van der Waals surface area contributed by atoms with Crippen molar-refractivity contribution in [2.24, 2.45) is 10.9 Å². The molecule has 2 N–H and O–H groups in total. The van der Waals surface area contributed by atoms with E-state index in [9.17, 15) is 0 Å². The van der Waals surface area contributed by atoms with Gasteiger partial charge in [-0.15, -0.1) is 0 Å². The molecule has 1 aliphatic heterocycles. The molecule has 0 amide bonds. The molecule has 0 aromatic heterocycles. The number of hydrogen-bond acceptors (Lipinski definition) is 3. The lowest BCUT2D eigenvalue weighted by Gasteiger charge is -2.41. The Hall–Kier alpha value is -1.59. The van der Waals surface area contributed by atoms with Crippen LogP contribution < -0.4 is 10.6 Å². The molecule has 3 rings (SSSR count). The lowest BCUT2D eigenvalue weighted by Crippen LogP contribution is -2.42. The van der Waals surface area contributed by atoms with Crippen molar-refractivity contribution in [3.63, 3.8) is 0 Å². The van der Waals surface area contributed by atoms with Crippen LogP contribution in [0, 0.1) is 5.92 Å². The lowest BCUT2D eigenvalue weighted by molar-refractivity contribution is 0.0203. The van der Waals surface area contributed by atoms with Gasteiger partial charge in [0.05, 0.1) is 6.54 Å². The number of hydrogen-bond donors (Lipinski definition) is 2. The number of ether oxygens (including phenoxy) is 2. The Labute approximate surface area is 170 Å². The summed E-state index contributed by atoms with van der Waals surface area (Å²) in [5.74, 6) is 1.60. The number of rotatable bonds is 10. The van der Waals surface area contributed by atoms with Crippen LogP contribution in [0.25, 0.3) is 0 Å². The highest BCUT2D eigenvalue weighted by Crippen LogP contribution is 2.43. The van der Waals surface area contributed by atoms with Crippen molar-refractivity contribution < 1.29 is 9.47 Å². The molecular formula is C23H37N3O2. The molecule has 1 aromatic rings. The first-order valence-corrected chi connectivity index (χ1v) is 11.1. The minimum Gasteiger partial charge on any atom is -0.381 e. The average Bonchev–Trinajstić information content (AvgIpc) is 2.71. The van der Waals surface area contributed by atoms with Crippen molar-refractivity contribution in [3.8, 4) is 0 Å². The number of benzene rings is 1. The van der Waals surface area contributed by atoms with Crippen molar-refractivity contribution in [2.75, 3.05) is 46.1 Å². The van der Waals surface area contributed by atoms with Gasteiger partial charge < -0.3 is 20.1 Å². The summed E-state index contributed by atoms with van der Waals surface area (Å²) < 4.78 is 11.3. The van der Waals surface area contributed by atoms with Gasteiger partial charge in [0, 0.05) is 44.9 Å². The summed E-state index contributed by atoms with van der Waals surface area (Å²) in [6, 6.07) is 10.9. The minimum atomic E-state index is 0.233. The first-order valence-electron chi connectivity index (χ1n) is 11.1. The third kappa shape index (κ3) is 6.21. The van der Waals surface area contributed by atoms with Gasteiger partial charge in [-0.1, -0.05) is 36.8 Å². The van der Waals surface area contributed by atoms with E-state index in [2.05, 4.69) is 47.9 Å². The van der Waals surface area contributed by atoms with Crippen LogP contribution in [0.5, 0.6) is 0 Å². The van der Waals surface area contributed by atoms with E-state index in [0.29, 0.717) is 5.92 Å². The zero-order valence-corrected chi connectivity index (χ0v) is 17.4. The van der Waals surface area contributed by atoms with E-state index in [4.69, 9.17) is 14.5 Å². The van der Waals surface area contributed by atoms with E-state index in [1.807, 2.05) is 0 Å². The molecule has 1 heterocycles. The molecule has 1 aromatic carbocycles. The Balaban J connectivity index is 1.39. The Kier molecular flexibility index (Phi) is 8.62. The average molecular weight is 388 g/mol. The Morgan fingerprint density at radius 3 is 2.64 bits per heavy atom. The number of nitrogens with zero attached hydrogens (tertiary/aromatic N) is 1. The van der Waals surface area contributed by atoms with Crippen molar-refractivity contribution in [1.29, 1.82) is 0 Å². The van der Waals surface area contributed by atoms with Crippen LogP contribution in [0.4, 0.5) is 0 Å². The quantitative estimate of drug-likeness (QED) is 0.367. The molecule has 5 heteroatoms. The zero-order chi connectivity index (χ0) is 19.5. The van der Waals surface area contributed by atoms with Gasteiger partial charge in [0.15, 0.2) is 5.96 Å². The van der Waals surface area contributed by atoms with Crippen LogP contribution in [-0.4, -0.2) is 52.0 Å². The molecule has 0 bridgehead atoms. The third-order valence-corrected chi connectivity index (χ3v) is 6.03. The van der Waals surface area contributed by atoms with Crippen LogP contribution >= 0.6 is 0 Å². The number of guanidine groups is 1. The molecule has 1 saturated heterocycles. The maximum absolute atomic E-state index is 5.86. The predicted molar refractivity (Wildman–Crippen MR) is 115 cm³/mol. The van der Waals surface area contributed by atoms with Crippen LogP contribution in [0.3, 0.4) is 0 Å². The topological polar surface area (TPSA) is 54.9 Å². The third-order valence-electron chi connectivity index (χ3n) is 6.03. The van der Waals surface area contributed by atoms with E-state index in [-0.39, 0.29) is 5.41 Å². The fourth-order valence-electron chi connectivity index (χ4n) is 4.05. The Morgan fingerprint density at radius 2 is 1.96 bits per heavy atom. The second-order valence-corrected chi connectivity index (χ2v) is 8.11. The second kappa shape index (κ2) is 11.4. The van der Waals surface area contributed by atoms with Crippen LogP contribution in [0.1, 0.15) is 51.0 Å². The zero-order valence-electron chi connectivity index (χ0n) is 17.4. The summed E-state index contributed by atoms with van der Waals surface area (Å²) in [4.78, 5) is 4.91. The minimum absolute atomic E-state index is 0.233. The van der Waals surface area contributed by atoms with Gasteiger partial charge in [-0.05, 0) is 50.5 Å². The molecule has 0 spiro atoms. The molecule has 5 nitrogen and oxygen atoms in total. The summed E-state index contributed by atoms with van der Waals surface area (Å²) in [5, 5.41) is 6.85. The van der Waals surface area contributed by atoms with Crippen molar-refractivity contribution in [2.45, 2.75) is 50.9 Å². The largest absolute Gasteiger partial charge is 0.381 e.